The minimum Gasteiger partial charge on any atom is -0.489 e. The number of halogens is 2. The Kier molecular flexibility index (Phi) is 7.20. The van der Waals surface area contributed by atoms with E-state index < -0.39 is 11.8 Å². The number of nitrogens with one attached hydrogen (secondary N) is 2. The van der Waals surface area contributed by atoms with Crippen molar-refractivity contribution in [2.45, 2.75) is 0 Å². The monoisotopic (exact) mass is 391 g/mol. The molecule has 2 N–H and O–H groups in total. The van der Waals surface area contributed by atoms with Crippen molar-refractivity contribution in [2.75, 3.05) is 11.9 Å². The number of hydrogen-bond donors (Lipinski definition) is 2. The van der Waals surface area contributed by atoms with Gasteiger partial charge in [-0.1, -0.05) is 48.0 Å². The maximum atomic E-state index is 11.9. The van der Waals surface area contributed by atoms with Crippen LogP contribution in [0.2, 0.25) is 10.0 Å². The number of hydrazone groups is 1. The minimum atomic E-state index is -0.957. The van der Waals surface area contributed by atoms with Gasteiger partial charge in [-0.3, -0.25) is 9.59 Å². The van der Waals surface area contributed by atoms with Crippen LogP contribution in [0.4, 0.5) is 5.69 Å². The molecule has 2 amide bonds. The van der Waals surface area contributed by atoms with Crippen LogP contribution in [0.15, 0.2) is 60.2 Å². The number of anilines is 1. The Bertz CT molecular complexity index is 853. The Morgan fingerprint density at radius 2 is 1.92 bits per heavy atom. The number of nitrogens with zero attached hydrogens (tertiary/aromatic N) is 1. The number of carbonyl (C=O) groups excluding carboxylic acids is 2. The fraction of sp³-hybridized carbons (Fsp3) is 0.0556. The lowest BCUT2D eigenvalue weighted by Gasteiger charge is -2.07. The largest absolute Gasteiger partial charge is 0.489 e. The van der Waals surface area contributed by atoms with Gasteiger partial charge in [-0.2, -0.15) is 5.10 Å². The van der Waals surface area contributed by atoms with Gasteiger partial charge in [-0.05, 0) is 30.3 Å². The maximum absolute atomic E-state index is 11.9. The fourth-order valence-corrected chi connectivity index (χ4v) is 2.19. The van der Waals surface area contributed by atoms with Crippen LogP contribution in [0.1, 0.15) is 5.56 Å². The smallest absolute Gasteiger partial charge is 0.329 e. The second kappa shape index (κ2) is 9.60. The molecule has 0 aliphatic rings. The second-order valence-corrected chi connectivity index (χ2v) is 5.76. The molecule has 0 heterocycles. The minimum absolute atomic E-state index is 0.228. The van der Waals surface area contributed by atoms with Gasteiger partial charge in [0.2, 0.25) is 0 Å². The van der Waals surface area contributed by atoms with Gasteiger partial charge in [0.25, 0.3) is 0 Å². The zero-order chi connectivity index (χ0) is 18.9. The summed E-state index contributed by atoms with van der Waals surface area (Å²) in [6.07, 6.45) is 2.98. The van der Waals surface area contributed by atoms with Crippen molar-refractivity contribution in [1.82, 2.24) is 5.43 Å². The van der Waals surface area contributed by atoms with Crippen LogP contribution in [0.5, 0.6) is 5.75 Å². The lowest BCUT2D eigenvalue weighted by Crippen LogP contribution is -2.32. The Morgan fingerprint density at radius 3 is 2.69 bits per heavy atom. The molecule has 0 fully saturated rings. The Labute approximate surface area is 160 Å². The average molecular weight is 392 g/mol. The molecule has 0 bridgehead atoms. The topological polar surface area (TPSA) is 79.8 Å². The highest BCUT2D eigenvalue weighted by Crippen LogP contribution is 2.25. The first-order valence-electron chi connectivity index (χ1n) is 7.43. The summed E-state index contributed by atoms with van der Waals surface area (Å²) in [7, 11) is 0. The highest BCUT2D eigenvalue weighted by atomic mass is 35.5. The predicted molar refractivity (Wildman–Crippen MR) is 103 cm³/mol. The van der Waals surface area contributed by atoms with E-state index in [9.17, 15) is 9.59 Å². The lowest BCUT2D eigenvalue weighted by molar-refractivity contribution is -0.136. The summed E-state index contributed by atoms with van der Waals surface area (Å²) >= 11 is 11.8. The molecule has 2 aromatic rings. The van der Waals surface area contributed by atoms with Gasteiger partial charge in [-0.15, -0.1) is 0 Å². The molecule has 0 saturated heterocycles. The highest BCUT2D eigenvalue weighted by Gasteiger charge is 2.14. The molecule has 0 aliphatic heterocycles. The van der Waals surface area contributed by atoms with Crippen molar-refractivity contribution in [3.63, 3.8) is 0 Å². The molecule has 134 valence electrons. The summed E-state index contributed by atoms with van der Waals surface area (Å²) in [5.41, 5.74) is 3.00. The number of benzene rings is 2. The van der Waals surface area contributed by atoms with E-state index in [4.69, 9.17) is 27.9 Å². The maximum Gasteiger partial charge on any atom is 0.329 e. The van der Waals surface area contributed by atoms with Crippen molar-refractivity contribution in [2.24, 2.45) is 5.10 Å². The number of amides is 2. The Morgan fingerprint density at radius 1 is 1.15 bits per heavy atom. The molecule has 0 atom stereocenters. The quantitative estimate of drug-likeness (QED) is 0.341. The standard InChI is InChI=1S/C18H15Cl2N3O3/c1-2-9-26-16-6-4-3-5-12(16)11-21-23-18(25)17(24)22-15-10-13(19)7-8-14(15)20/h2-8,10-11H,1,9H2,(H,22,24)(H,23,25)/b21-11-. The summed E-state index contributed by atoms with van der Waals surface area (Å²) in [4.78, 5) is 23.7. The Balaban J connectivity index is 1.97. The van der Waals surface area contributed by atoms with E-state index in [0.29, 0.717) is 22.9 Å². The van der Waals surface area contributed by atoms with Gasteiger partial charge in [0.1, 0.15) is 12.4 Å². The summed E-state index contributed by atoms with van der Waals surface area (Å²) in [5.74, 6) is -1.31. The first kappa shape index (κ1) is 19.5. The van der Waals surface area contributed by atoms with Crippen LogP contribution in [0.3, 0.4) is 0 Å². The zero-order valence-corrected chi connectivity index (χ0v) is 15.1. The summed E-state index contributed by atoms with van der Waals surface area (Å²) in [6.45, 7) is 3.91. The molecule has 0 saturated carbocycles. The number of carbonyl (C=O) groups is 2. The van der Waals surface area contributed by atoms with Crippen LogP contribution in [0, 0.1) is 0 Å². The average Bonchev–Trinajstić information content (AvgIpc) is 2.63. The van der Waals surface area contributed by atoms with E-state index in [2.05, 4.69) is 22.4 Å². The summed E-state index contributed by atoms with van der Waals surface area (Å²) < 4.78 is 5.47. The van der Waals surface area contributed by atoms with Gasteiger partial charge in [-0.25, -0.2) is 5.43 Å². The molecule has 2 aromatic carbocycles. The van der Waals surface area contributed by atoms with Gasteiger partial charge in [0.05, 0.1) is 16.9 Å². The zero-order valence-electron chi connectivity index (χ0n) is 13.5. The molecular formula is C18H15Cl2N3O3. The third-order valence-electron chi connectivity index (χ3n) is 3.03. The first-order valence-corrected chi connectivity index (χ1v) is 8.19. The molecule has 0 spiro atoms. The van der Waals surface area contributed by atoms with Crippen LogP contribution >= 0.6 is 23.2 Å². The van der Waals surface area contributed by atoms with Crippen molar-refractivity contribution < 1.29 is 14.3 Å². The fourth-order valence-electron chi connectivity index (χ4n) is 1.85. The van der Waals surface area contributed by atoms with Crippen LogP contribution in [-0.2, 0) is 9.59 Å². The third kappa shape index (κ3) is 5.61. The summed E-state index contributed by atoms with van der Waals surface area (Å²) in [5, 5.41) is 6.76. The van der Waals surface area contributed by atoms with Crippen LogP contribution < -0.4 is 15.5 Å². The van der Waals surface area contributed by atoms with Gasteiger partial charge in [0.15, 0.2) is 0 Å². The molecule has 8 heteroatoms. The number of rotatable bonds is 6. The Hall–Kier alpha value is -2.83. The number of ether oxygens (including phenoxy) is 1. The van der Waals surface area contributed by atoms with E-state index >= 15 is 0 Å². The second-order valence-electron chi connectivity index (χ2n) is 4.91. The van der Waals surface area contributed by atoms with Crippen molar-refractivity contribution in [1.29, 1.82) is 0 Å². The predicted octanol–water partition coefficient (Wildman–Crippen LogP) is 3.65. The summed E-state index contributed by atoms with van der Waals surface area (Å²) in [6, 6.07) is 11.6. The van der Waals surface area contributed by atoms with E-state index in [1.54, 1.807) is 36.4 Å². The van der Waals surface area contributed by atoms with E-state index in [1.807, 2.05) is 0 Å². The molecule has 26 heavy (non-hydrogen) atoms. The van der Waals surface area contributed by atoms with Crippen LogP contribution in [0.25, 0.3) is 0 Å². The molecule has 0 aliphatic carbocycles. The van der Waals surface area contributed by atoms with E-state index in [-0.39, 0.29) is 10.7 Å². The molecule has 0 unspecified atom stereocenters. The van der Waals surface area contributed by atoms with Gasteiger partial charge >= 0.3 is 11.8 Å². The molecule has 2 rings (SSSR count). The first-order chi connectivity index (χ1) is 12.5. The molecule has 6 nitrogen and oxygen atoms in total. The SMILES string of the molecule is C=CCOc1ccccc1/C=N\NC(=O)C(=O)Nc1cc(Cl)ccc1Cl. The van der Waals surface area contributed by atoms with E-state index in [1.165, 1.54) is 18.3 Å². The number of hydrogen-bond acceptors (Lipinski definition) is 4. The van der Waals surface area contributed by atoms with Crippen molar-refractivity contribution >= 4 is 46.9 Å². The van der Waals surface area contributed by atoms with E-state index in [0.717, 1.165) is 0 Å². The number of para-hydroxylation sites is 1. The van der Waals surface area contributed by atoms with Crippen LogP contribution in [-0.4, -0.2) is 24.6 Å². The molecular weight excluding hydrogens is 377 g/mol. The van der Waals surface area contributed by atoms with Crippen molar-refractivity contribution in [3.8, 4) is 5.75 Å². The van der Waals surface area contributed by atoms with Crippen molar-refractivity contribution in [3.05, 3.63) is 70.7 Å². The molecule has 0 radical (unpaired) electrons. The van der Waals surface area contributed by atoms with Gasteiger partial charge < -0.3 is 10.1 Å². The molecule has 0 aromatic heterocycles. The normalized spacial score (nSPS) is 10.4. The van der Waals surface area contributed by atoms with Gasteiger partial charge in [0, 0.05) is 10.6 Å². The third-order valence-corrected chi connectivity index (χ3v) is 3.59. The highest BCUT2D eigenvalue weighted by molar-refractivity contribution is 6.42. The lowest BCUT2D eigenvalue weighted by atomic mass is 10.2.